The zero-order chi connectivity index (χ0) is 11.9. The Morgan fingerprint density at radius 3 is 2.56 bits per heavy atom. The van der Waals surface area contributed by atoms with Crippen molar-refractivity contribution in [2.75, 3.05) is 0 Å². The summed E-state index contributed by atoms with van der Waals surface area (Å²) >= 11 is 1.89. The van der Waals surface area contributed by atoms with E-state index in [4.69, 9.17) is 5.73 Å². The van der Waals surface area contributed by atoms with Crippen molar-refractivity contribution in [3.8, 4) is 0 Å². The molecule has 1 saturated carbocycles. The number of nitrogens with two attached hydrogens (primary N) is 1. The molecule has 0 amide bonds. The smallest absolute Gasteiger partial charge is 0.0426 e. The Kier molecular flexibility index (Phi) is 3.15. The maximum Gasteiger partial charge on any atom is 0.0426 e. The molecule has 0 spiro atoms. The largest absolute Gasteiger partial charge is 0.323 e. The summed E-state index contributed by atoms with van der Waals surface area (Å²) in [6.45, 7) is 9.12. The molecule has 16 heavy (non-hydrogen) atoms. The van der Waals surface area contributed by atoms with Crippen LogP contribution in [0.2, 0.25) is 0 Å². The average molecular weight is 237 g/mol. The minimum atomic E-state index is 0.246. The van der Waals surface area contributed by atoms with E-state index in [1.54, 1.807) is 0 Å². The molecule has 0 bridgehead atoms. The minimum Gasteiger partial charge on any atom is -0.323 e. The quantitative estimate of drug-likeness (QED) is 0.820. The number of hydrogen-bond acceptors (Lipinski definition) is 2. The molecule has 2 heteroatoms. The first-order chi connectivity index (χ1) is 7.42. The molecular formula is C14H23NS. The van der Waals surface area contributed by atoms with Crippen LogP contribution < -0.4 is 5.73 Å². The standard InChI is InChI=1S/C14H23NS/c1-9-8-10(2)16-13(9)12(15)11-6-5-7-14(11,3)4/h8,11-12H,5-7,15H2,1-4H3. The lowest BCUT2D eigenvalue weighted by atomic mass is 9.77. The third-order valence-electron chi connectivity index (χ3n) is 4.16. The van der Waals surface area contributed by atoms with E-state index in [1.807, 2.05) is 11.3 Å². The molecule has 2 rings (SSSR count). The van der Waals surface area contributed by atoms with Crippen LogP contribution in [0.4, 0.5) is 0 Å². The summed E-state index contributed by atoms with van der Waals surface area (Å²) in [6, 6.07) is 2.51. The molecule has 1 aliphatic rings. The highest BCUT2D eigenvalue weighted by atomic mass is 32.1. The van der Waals surface area contributed by atoms with Gasteiger partial charge in [-0.15, -0.1) is 11.3 Å². The highest BCUT2D eigenvalue weighted by Gasteiger charge is 2.39. The van der Waals surface area contributed by atoms with Crippen LogP contribution in [0.15, 0.2) is 6.07 Å². The molecule has 90 valence electrons. The van der Waals surface area contributed by atoms with Gasteiger partial charge in [0, 0.05) is 15.8 Å². The number of rotatable bonds is 2. The molecule has 2 unspecified atom stereocenters. The Balaban J connectivity index is 2.25. The van der Waals surface area contributed by atoms with Gasteiger partial charge in [-0.2, -0.15) is 0 Å². The van der Waals surface area contributed by atoms with Gasteiger partial charge < -0.3 is 5.73 Å². The van der Waals surface area contributed by atoms with E-state index in [-0.39, 0.29) is 6.04 Å². The minimum absolute atomic E-state index is 0.246. The second-order valence-corrected chi connectivity index (χ2v) is 7.21. The summed E-state index contributed by atoms with van der Waals surface area (Å²) < 4.78 is 0. The first-order valence-corrected chi connectivity index (χ1v) is 7.06. The third-order valence-corrected chi connectivity index (χ3v) is 5.41. The Hall–Kier alpha value is -0.340. The first-order valence-electron chi connectivity index (χ1n) is 6.24. The van der Waals surface area contributed by atoms with Crippen molar-refractivity contribution < 1.29 is 0 Å². The van der Waals surface area contributed by atoms with Gasteiger partial charge in [-0.3, -0.25) is 0 Å². The Labute approximate surface area is 103 Å². The zero-order valence-electron chi connectivity index (χ0n) is 10.8. The maximum atomic E-state index is 6.50. The summed E-state index contributed by atoms with van der Waals surface area (Å²) in [5.41, 5.74) is 8.31. The van der Waals surface area contributed by atoms with E-state index < -0.39 is 0 Å². The lowest BCUT2D eigenvalue weighted by molar-refractivity contribution is 0.223. The molecule has 1 aliphatic carbocycles. The van der Waals surface area contributed by atoms with Crippen LogP contribution in [-0.2, 0) is 0 Å². The Morgan fingerprint density at radius 2 is 2.12 bits per heavy atom. The second kappa shape index (κ2) is 4.15. The Bertz CT molecular complexity index is 378. The van der Waals surface area contributed by atoms with Gasteiger partial charge in [0.15, 0.2) is 0 Å². The molecule has 2 atom stereocenters. The summed E-state index contributed by atoms with van der Waals surface area (Å²) in [4.78, 5) is 2.80. The fraction of sp³-hybridized carbons (Fsp3) is 0.714. The van der Waals surface area contributed by atoms with Crippen molar-refractivity contribution in [1.82, 2.24) is 0 Å². The summed E-state index contributed by atoms with van der Waals surface area (Å²) in [6.07, 6.45) is 3.97. The van der Waals surface area contributed by atoms with Crippen LogP contribution in [0.3, 0.4) is 0 Å². The van der Waals surface area contributed by atoms with Gasteiger partial charge in [0.1, 0.15) is 0 Å². The van der Waals surface area contributed by atoms with E-state index in [1.165, 1.54) is 34.6 Å². The highest BCUT2D eigenvalue weighted by Crippen LogP contribution is 2.49. The normalized spacial score (nSPS) is 25.9. The van der Waals surface area contributed by atoms with Crippen molar-refractivity contribution in [3.05, 3.63) is 21.4 Å². The molecule has 1 fully saturated rings. The average Bonchev–Trinajstić information content (AvgIpc) is 2.68. The van der Waals surface area contributed by atoms with Gasteiger partial charge in [0.2, 0.25) is 0 Å². The van der Waals surface area contributed by atoms with E-state index in [0.717, 1.165) is 0 Å². The first kappa shape index (κ1) is 12.1. The molecule has 1 nitrogen and oxygen atoms in total. The molecular weight excluding hydrogens is 214 g/mol. The molecule has 0 aliphatic heterocycles. The van der Waals surface area contributed by atoms with Crippen molar-refractivity contribution in [3.63, 3.8) is 0 Å². The highest BCUT2D eigenvalue weighted by molar-refractivity contribution is 7.12. The van der Waals surface area contributed by atoms with Crippen LogP contribution in [-0.4, -0.2) is 0 Å². The molecule has 1 heterocycles. The summed E-state index contributed by atoms with van der Waals surface area (Å²) in [5.74, 6) is 0.657. The van der Waals surface area contributed by atoms with Crippen molar-refractivity contribution in [1.29, 1.82) is 0 Å². The SMILES string of the molecule is Cc1cc(C)c(C(N)C2CCCC2(C)C)s1. The Morgan fingerprint density at radius 1 is 1.44 bits per heavy atom. The van der Waals surface area contributed by atoms with E-state index in [9.17, 15) is 0 Å². The third kappa shape index (κ3) is 2.05. The van der Waals surface area contributed by atoms with E-state index in [2.05, 4.69) is 33.8 Å². The second-order valence-electron chi connectivity index (χ2n) is 5.92. The number of hydrogen-bond donors (Lipinski definition) is 1. The predicted molar refractivity (Wildman–Crippen MR) is 71.8 cm³/mol. The molecule has 0 aromatic carbocycles. The lowest BCUT2D eigenvalue weighted by Crippen LogP contribution is -2.29. The van der Waals surface area contributed by atoms with E-state index in [0.29, 0.717) is 11.3 Å². The fourth-order valence-electron chi connectivity index (χ4n) is 3.19. The summed E-state index contributed by atoms with van der Waals surface area (Å²) in [5, 5.41) is 0. The predicted octanol–water partition coefficient (Wildman–Crippen LogP) is 4.19. The van der Waals surface area contributed by atoms with Gasteiger partial charge in [-0.05, 0) is 49.7 Å². The molecule has 0 saturated heterocycles. The van der Waals surface area contributed by atoms with Gasteiger partial charge in [-0.25, -0.2) is 0 Å². The van der Waals surface area contributed by atoms with Crippen LogP contribution >= 0.6 is 11.3 Å². The van der Waals surface area contributed by atoms with Crippen molar-refractivity contribution in [2.45, 2.75) is 53.0 Å². The topological polar surface area (TPSA) is 26.0 Å². The molecule has 0 radical (unpaired) electrons. The van der Waals surface area contributed by atoms with Crippen molar-refractivity contribution >= 4 is 11.3 Å². The van der Waals surface area contributed by atoms with Crippen LogP contribution in [0.1, 0.15) is 54.5 Å². The molecule has 1 aromatic heterocycles. The number of thiophene rings is 1. The lowest BCUT2D eigenvalue weighted by Gasteiger charge is -2.31. The maximum absolute atomic E-state index is 6.50. The van der Waals surface area contributed by atoms with Crippen molar-refractivity contribution in [2.24, 2.45) is 17.1 Å². The van der Waals surface area contributed by atoms with Gasteiger partial charge in [-0.1, -0.05) is 20.3 Å². The fourth-order valence-corrected chi connectivity index (χ4v) is 4.30. The van der Waals surface area contributed by atoms with Gasteiger partial charge in [0.25, 0.3) is 0 Å². The van der Waals surface area contributed by atoms with Crippen LogP contribution in [0.25, 0.3) is 0 Å². The summed E-state index contributed by atoms with van der Waals surface area (Å²) in [7, 11) is 0. The molecule has 2 N–H and O–H groups in total. The van der Waals surface area contributed by atoms with E-state index >= 15 is 0 Å². The zero-order valence-corrected chi connectivity index (χ0v) is 11.7. The van der Waals surface area contributed by atoms with Gasteiger partial charge in [0.05, 0.1) is 0 Å². The van der Waals surface area contributed by atoms with Crippen LogP contribution in [0, 0.1) is 25.2 Å². The van der Waals surface area contributed by atoms with Gasteiger partial charge >= 0.3 is 0 Å². The van der Waals surface area contributed by atoms with Crippen LogP contribution in [0.5, 0.6) is 0 Å². The monoisotopic (exact) mass is 237 g/mol. The number of aryl methyl sites for hydroxylation is 2. The molecule has 1 aromatic rings.